The lowest BCUT2D eigenvalue weighted by Crippen LogP contribution is -2.50. The van der Waals surface area contributed by atoms with Crippen LogP contribution in [0.4, 0.5) is 26.3 Å². The number of imidazole rings is 1. The zero-order valence-electron chi connectivity index (χ0n) is 17.7. The molecule has 3 rings (SSSR count). The van der Waals surface area contributed by atoms with Crippen molar-refractivity contribution in [2.24, 2.45) is 7.05 Å². The van der Waals surface area contributed by atoms with E-state index in [2.05, 4.69) is 10.3 Å². The summed E-state index contributed by atoms with van der Waals surface area (Å²) >= 11 is 0. The van der Waals surface area contributed by atoms with Crippen molar-refractivity contribution in [1.82, 2.24) is 19.8 Å². The molecule has 1 aromatic carbocycles. The predicted octanol–water partition coefficient (Wildman–Crippen LogP) is 3.36. The number of nitrogens with one attached hydrogen (secondary N) is 1. The highest BCUT2D eigenvalue weighted by Gasteiger charge is 2.58. The van der Waals surface area contributed by atoms with Gasteiger partial charge in [-0.2, -0.15) is 26.3 Å². The zero-order valence-corrected chi connectivity index (χ0v) is 17.7. The minimum atomic E-state index is -5.11. The first-order chi connectivity index (χ1) is 15.3. The van der Waals surface area contributed by atoms with E-state index in [1.54, 1.807) is 6.07 Å². The summed E-state index contributed by atoms with van der Waals surface area (Å²) in [7, 11) is 1.29. The number of aromatic nitrogens is 2. The second-order valence-electron chi connectivity index (χ2n) is 8.21. The minimum Gasteiger partial charge on any atom is -0.374 e. The van der Waals surface area contributed by atoms with Crippen molar-refractivity contribution in [3.8, 4) is 0 Å². The first-order valence-electron chi connectivity index (χ1n) is 10.2. The third kappa shape index (κ3) is 5.85. The van der Waals surface area contributed by atoms with E-state index in [4.69, 9.17) is 0 Å². The molecule has 1 amide bonds. The molecular weight excluding hydrogens is 454 g/mol. The first-order valence-corrected chi connectivity index (χ1v) is 10.2. The van der Waals surface area contributed by atoms with Gasteiger partial charge in [-0.05, 0) is 24.5 Å². The molecule has 1 fully saturated rings. The molecule has 2 N–H and O–H groups in total. The van der Waals surface area contributed by atoms with Gasteiger partial charge in [0.2, 0.25) is 11.5 Å². The Balaban J connectivity index is 1.55. The molecule has 0 saturated carbocycles. The molecule has 0 spiro atoms. The number of alkyl halides is 6. The van der Waals surface area contributed by atoms with E-state index in [0.29, 0.717) is 31.5 Å². The normalized spacial score (nSPS) is 18.2. The quantitative estimate of drug-likeness (QED) is 0.625. The Hall–Kier alpha value is -2.60. The maximum Gasteiger partial charge on any atom is 0.425 e. The fraction of sp³-hybridized carbons (Fsp3) is 0.524. The Morgan fingerprint density at radius 1 is 1.18 bits per heavy atom. The van der Waals surface area contributed by atoms with E-state index >= 15 is 0 Å². The Kier molecular flexibility index (Phi) is 7.08. The highest BCUT2D eigenvalue weighted by atomic mass is 19.4. The second kappa shape index (κ2) is 9.34. The number of likely N-dealkylation sites (tertiary alicyclic amines) is 1. The van der Waals surface area contributed by atoms with Crippen LogP contribution in [0.5, 0.6) is 0 Å². The van der Waals surface area contributed by atoms with Gasteiger partial charge in [0.05, 0.1) is 12.0 Å². The van der Waals surface area contributed by atoms with Crippen LogP contribution in [-0.4, -0.2) is 50.8 Å². The summed E-state index contributed by atoms with van der Waals surface area (Å²) in [6, 6.07) is 4.61. The number of carbonyl (C=O) groups is 1. The van der Waals surface area contributed by atoms with Crippen molar-refractivity contribution in [3.05, 3.63) is 53.6 Å². The molecule has 1 atom stereocenters. The van der Waals surface area contributed by atoms with Crippen molar-refractivity contribution in [1.29, 1.82) is 0 Å². The third-order valence-corrected chi connectivity index (χ3v) is 5.69. The van der Waals surface area contributed by atoms with Gasteiger partial charge in [0.1, 0.15) is 0 Å². The average Bonchev–Trinajstić information content (AvgIpc) is 3.14. The topological polar surface area (TPSA) is 70.4 Å². The number of amides is 1. The first kappa shape index (κ1) is 25.0. The number of aliphatic hydroxyl groups is 1. The molecule has 0 aliphatic carbocycles. The van der Waals surface area contributed by atoms with E-state index < -0.39 is 47.7 Å². The van der Waals surface area contributed by atoms with Gasteiger partial charge in [-0.15, -0.1) is 0 Å². The molecule has 1 saturated heterocycles. The van der Waals surface area contributed by atoms with Crippen molar-refractivity contribution in [2.75, 3.05) is 13.1 Å². The van der Waals surface area contributed by atoms with Gasteiger partial charge in [0.15, 0.2) is 5.82 Å². The van der Waals surface area contributed by atoms with Crippen LogP contribution in [0.15, 0.2) is 36.7 Å². The highest BCUT2D eigenvalue weighted by molar-refractivity contribution is 5.77. The summed E-state index contributed by atoms with van der Waals surface area (Å²) in [6.07, 6.45) is -7.60. The van der Waals surface area contributed by atoms with Crippen LogP contribution in [0, 0.1) is 0 Å². The Morgan fingerprint density at radius 3 is 2.39 bits per heavy atom. The highest BCUT2D eigenvalue weighted by Crippen LogP contribution is 2.40. The minimum absolute atomic E-state index is 0.289. The number of rotatable bonds is 6. The summed E-state index contributed by atoms with van der Waals surface area (Å²) in [6.45, 7) is 1.19. The van der Waals surface area contributed by atoms with Gasteiger partial charge in [0, 0.05) is 45.1 Å². The van der Waals surface area contributed by atoms with E-state index in [9.17, 15) is 36.2 Å². The number of nitrogens with zero attached hydrogens (tertiary/aromatic N) is 3. The Morgan fingerprint density at radius 2 is 1.85 bits per heavy atom. The van der Waals surface area contributed by atoms with Crippen molar-refractivity contribution in [3.63, 3.8) is 0 Å². The number of benzene rings is 1. The van der Waals surface area contributed by atoms with Gasteiger partial charge >= 0.3 is 12.4 Å². The summed E-state index contributed by atoms with van der Waals surface area (Å²) in [5.41, 5.74) is -3.66. The van der Waals surface area contributed by atoms with E-state index in [-0.39, 0.29) is 6.54 Å². The monoisotopic (exact) mass is 478 g/mol. The standard InChI is InChI=1S/C21H24F6N4O2/c1-30-10-7-28-18(30)19(33,21(25,26)27)12-17(32)29-16-5-8-31(9-6-16)13-14-3-2-4-15(11-14)20(22,23)24/h2-4,7,10-11,16,33H,5-6,8-9,12-13H2,1H3,(H,29,32). The van der Waals surface area contributed by atoms with Gasteiger partial charge in [-0.25, -0.2) is 4.98 Å². The lowest BCUT2D eigenvalue weighted by molar-refractivity contribution is -0.271. The number of carbonyl (C=O) groups excluding carboxylic acids is 1. The van der Waals surface area contributed by atoms with Gasteiger partial charge in [-0.1, -0.05) is 18.2 Å². The molecule has 1 aliphatic heterocycles. The van der Waals surface area contributed by atoms with Gasteiger partial charge < -0.3 is 15.0 Å². The third-order valence-electron chi connectivity index (χ3n) is 5.69. The molecule has 33 heavy (non-hydrogen) atoms. The van der Waals surface area contributed by atoms with Crippen molar-refractivity contribution in [2.45, 2.75) is 49.8 Å². The fourth-order valence-corrected chi connectivity index (χ4v) is 3.92. The predicted molar refractivity (Wildman–Crippen MR) is 106 cm³/mol. The van der Waals surface area contributed by atoms with Crippen LogP contribution in [0.1, 0.15) is 36.2 Å². The average molecular weight is 478 g/mol. The van der Waals surface area contributed by atoms with Crippen LogP contribution in [-0.2, 0) is 30.2 Å². The van der Waals surface area contributed by atoms with Gasteiger partial charge in [0.25, 0.3) is 0 Å². The molecule has 182 valence electrons. The zero-order chi connectivity index (χ0) is 24.4. The van der Waals surface area contributed by atoms with Crippen molar-refractivity contribution < 1.29 is 36.2 Å². The fourth-order valence-electron chi connectivity index (χ4n) is 3.92. The summed E-state index contributed by atoms with van der Waals surface area (Å²) in [5.74, 6) is -1.64. The molecular formula is C21H24F6N4O2. The summed E-state index contributed by atoms with van der Waals surface area (Å²) < 4.78 is 80.4. The number of halogens is 6. The SMILES string of the molecule is Cn1ccnc1C(O)(CC(=O)NC1CCN(Cc2cccc(C(F)(F)F)c2)CC1)C(F)(F)F. The Bertz CT molecular complexity index is 966. The molecule has 1 unspecified atom stereocenters. The molecule has 1 aliphatic rings. The van der Waals surface area contributed by atoms with Crippen LogP contribution in [0.2, 0.25) is 0 Å². The molecule has 0 radical (unpaired) electrons. The van der Waals surface area contributed by atoms with E-state index in [1.165, 1.54) is 19.3 Å². The van der Waals surface area contributed by atoms with Crippen LogP contribution in [0.3, 0.4) is 0 Å². The van der Waals surface area contributed by atoms with Gasteiger partial charge in [-0.3, -0.25) is 9.69 Å². The molecule has 12 heteroatoms. The van der Waals surface area contributed by atoms with Crippen LogP contribution in [0.25, 0.3) is 0 Å². The Labute approximate surface area is 186 Å². The van der Waals surface area contributed by atoms with E-state index in [0.717, 1.165) is 22.9 Å². The summed E-state index contributed by atoms with van der Waals surface area (Å²) in [5, 5.41) is 12.8. The second-order valence-corrected chi connectivity index (χ2v) is 8.21. The molecule has 6 nitrogen and oxygen atoms in total. The molecule has 1 aromatic heterocycles. The lowest BCUT2D eigenvalue weighted by atomic mass is 9.96. The number of piperidine rings is 1. The lowest BCUT2D eigenvalue weighted by Gasteiger charge is -2.34. The van der Waals surface area contributed by atoms with Crippen molar-refractivity contribution >= 4 is 5.91 Å². The van der Waals surface area contributed by atoms with Crippen LogP contribution < -0.4 is 5.32 Å². The maximum atomic E-state index is 13.6. The van der Waals surface area contributed by atoms with Crippen LogP contribution >= 0.6 is 0 Å². The number of aryl methyl sites for hydroxylation is 1. The maximum absolute atomic E-state index is 13.6. The van der Waals surface area contributed by atoms with E-state index in [1.807, 2.05) is 4.90 Å². The summed E-state index contributed by atoms with van der Waals surface area (Å²) in [4.78, 5) is 17.8. The smallest absolute Gasteiger partial charge is 0.374 e. The molecule has 2 heterocycles. The number of hydrogen-bond acceptors (Lipinski definition) is 4. The molecule has 2 aromatic rings. The molecule has 0 bridgehead atoms. The number of hydrogen-bond donors (Lipinski definition) is 2. The largest absolute Gasteiger partial charge is 0.425 e.